The Labute approximate surface area is 132 Å². The van der Waals surface area contributed by atoms with Gasteiger partial charge in [-0.1, -0.05) is 0 Å². The summed E-state index contributed by atoms with van der Waals surface area (Å²) in [5.74, 6) is -1.11. The van der Waals surface area contributed by atoms with Crippen LogP contribution >= 0.6 is 0 Å². The van der Waals surface area contributed by atoms with Crippen molar-refractivity contribution in [3.63, 3.8) is 0 Å². The number of ether oxygens (including phenoxy) is 1. The van der Waals surface area contributed by atoms with Crippen molar-refractivity contribution < 1.29 is 41.8 Å². The Morgan fingerprint density at radius 1 is 1.40 bits per heavy atom. The number of rotatable bonds is 5. The number of benzene rings is 1. The van der Waals surface area contributed by atoms with Crippen LogP contribution in [0.4, 0.5) is 4.79 Å². The van der Waals surface area contributed by atoms with Crippen LogP contribution in [0.15, 0.2) is 24.3 Å². The second kappa shape index (κ2) is 6.92. The maximum absolute atomic E-state index is 11.6. The van der Waals surface area contributed by atoms with Gasteiger partial charge in [0.1, 0.15) is 0 Å². The van der Waals surface area contributed by atoms with Crippen molar-refractivity contribution in [2.75, 3.05) is 0 Å². The van der Waals surface area contributed by atoms with Crippen LogP contribution in [0.1, 0.15) is 26.3 Å². The quantitative estimate of drug-likeness (QED) is 0.608. The number of carbonyl (C=O) groups excluding carboxylic acids is 1. The molecule has 0 bridgehead atoms. The van der Waals surface area contributed by atoms with Gasteiger partial charge in [0.25, 0.3) is 0 Å². The van der Waals surface area contributed by atoms with E-state index in [1.54, 1.807) is 32.9 Å². The van der Waals surface area contributed by atoms with Gasteiger partial charge in [0.05, 0.1) is 0 Å². The molecule has 1 amide bonds. The molecule has 1 atom stereocenters. The summed E-state index contributed by atoms with van der Waals surface area (Å²) in [4.78, 5) is 22.9. The number of hydrogen-bond donors (Lipinski definition) is 2. The predicted octanol–water partition coefficient (Wildman–Crippen LogP) is -1.34. The molecule has 0 aliphatic heterocycles. The molecule has 2 N–H and O–H groups in total. The van der Waals surface area contributed by atoms with Gasteiger partial charge in [0.15, 0.2) is 0 Å². The molecule has 0 saturated carbocycles. The average molecular weight is 393 g/mol. The third kappa shape index (κ3) is 6.23. The van der Waals surface area contributed by atoms with Crippen molar-refractivity contribution in [1.29, 1.82) is 0.594 Å². The third-order valence-corrected chi connectivity index (χ3v) is 3.06. The Balaban J connectivity index is 2.69. The first-order chi connectivity index (χ1) is 9.71. The van der Waals surface area contributed by atoms with Gasteiger partial charge in [-0.2, -0.15) is 0 Å². The number of carbonyl (C=O) groups is 2. The molecule has 112 valence electrons. The predicted molar refractivity (Wildman–Crippen MR) is 71.0 cm³/mol. The number of carboxylic acids is 1. The molecule has 6 heteroatoms. The number of alkyl carbamates (subject to hydrolysis) is 1. The fourth-order valence-electron chi connectivity index (χ4n) is 1.51. The summed E-state index contributed by atoms with van der Waals surface area (Å²) in [5, 5.41) is 11.5. The zero-order valence-corrected chi connectivity index (χ0v) is 13.8. The zero-order chi connectivity index (χ0) is 16.0. The van der Waals surface area contributed by atoms with Crippen LogP contribution in [-0.4, -0.2) is 29.4 Å². The average Bonchev–Trinajstić information content (AvgIpc) is 2.36. The van der Waals surface area contributed by atoms with Crippen molar-refractivity contribution in [2.45, 2.75) is 38.8 Å². The van der Waals surface area contributed by atoms with E-state index in [2.05, 4.69) is 5.32 Å². The summed E-state index contributed by atoms with van der Waals surface area (Å²) in [5.41, 5.74) is 0.117. The Morgan fingerprint density at radius 3 is 2.45 bits per heavy atom. The fraction of sp³-hybridized carbons (Fsp3) is 0.429. The molecule has 0 aliphatic carbocycles. The van der Waals surface area contributed by atoms with Gasteiger partial charge < -0.3 is 0 Å². The summed E-state index contributed by atoms with van der Waals surface area (Å²) in [6, 6.07) is 6.17. The van der Waals surface area contributed by atoms with E-state index in [4.69, 9.17) is 5.33 Å². The molecule has 0 aliphatic rings. The van der Waals surface area contributed by atoms with Crippen LogP contribution in [0.5, 0.6) is 0 Å². The molecular weight excluding hydrogens is 373 g/mol. The second-order valence-electron chi connectivity index (χ2n) is 5.37. The van der Waals surface area contributed by atoms with Crippen LogP contribution in [0.25, 0.3) is 0 Å². The van der Waals surface area contributed by atoms with Crippen LogP contribution in [0.2, 0.25) is 0 Å². The van der Waals surface area contributed by atoms with E-state index >= 15 is 0 Å². The molecule has 0 heterocycles. The Morgan fingerprint density at radius 2 is 2.00 bits per heavy atom. The van der Waals surface area contributed by atoms with Crippen LogP contribution in [-0.2, 0) is 16.0 Å². The zero-order valence-electron chi connectivity index (χ0n) is 12.6. The maximum atomic E-state index is 11.6. The Hall–Kier alpha value is -1.31. The minimum atomic E-state index is -1.11. The van der Waals surface area contributed by atoms with E-state index in [0.29, 0.717) is 0 Å². The van der Waals surface area contributed by atoms with Crippen LogP contribution < -0.4 is 27.7 Å². The normalized spacial score (nSPS) is 13.4. The third-order valence-electron chi connectivity index (χ3n) is 2.34. The van der Waals surface area contributed by atoms with E-state index in [0.717, 1.165) is 9.13 Å². The van der Waals surface area contributed by atoms with Crippen molar-refractivity contribution in [3.8, 4) is 0 Å². The summed E-state index contributed by atoms with van der Waals surface area (Å²) in [6.45, 7) is 5.14. The Kier molecular flexibility index (Phi) is 5.22. The monoisotopic (exact) mass is 393 g/mol. The van der Waals surface area contributed by atoms with E-state index < -0.39 is 46.1 Å². The number of hydrogen-bond acceptors (Lipinski definition) is 3. The van der Waals surface area contributed by atoms with Gasteiger partial charge in [0, 0.05) is 0 Å². The van der Waals surface area contributed by atoms with Gasteiger partial charge in [-0.05, 0) is 0 Å². The number of halogens is 1. The molecule has 1 aromatic rings. The van der Waals surface area contributed by atoms with Crippen molar-refractivity contribution >= 4 is 12.1 Å². The SMILES string of the molecule is [2H][I-]c1ccc(C[C@H](NC(=O)OC(C)(C)C)C(=O)O)cc1. The molecule has 0 fully saturated rings. The molecule has 0 saturated heterocycles. The molecule has 0 aromatic heterocycles. The first kappa shape index (κ1) is 15.1. The summed E-state index contributed by atoms with van der Waals surface area (Å²) in [6.07, 6.45) is -0.575. The summed E-state index contributed by atoms with van der Waals surface area (Å²) in [7, 11) is 0. The molecular formula is C14H19INO4-. The molecule has 1 rings (SSSR count). The topological polar surface area (TPSA) is 75.6 Å². The van der Waals surface area contributed by atoms with E-state index in [1.165, 1.54) is 0 Å². The van der Waals surface area contributed by atoms with Crippen LogP contribution in [0, 0.1) is 3.57 Å². The van der Waals surface area contributed by atoms with Gasteiger partial charge >= 0.3 is 132 Å². The molecule has 0 radical (unpaired) electrons. The van der Waals surface area contributed by atoms with Gasteiger partial charge in [0.2, 0.25) is 0 Å². The second-order valence-corrected chi connectivity index (χ2v) is 6.61. The standard InChI is InChI=1S/C14H19INO4/c1-14(2,3)20-13(19)16-11(12(17)18)8-9-4-6-10(15)7-5-9/h4-7,11,15H,8H2,1-3H3,(H,16,19)(H,17,18)/q-1/t11-/m0/s1/i15D. The van der Waals surface area contributed by atoms with Crippen molar-refractivity contribution in [2.24, 2.45) is 0 Å². The first-order valence-electron chi connectivity index (χ1n) is 6.52. The fourth-order valence-corrected chi connectivity index (χ4v) is 1.87. The molecule has 0 spiro atoms. The summed E-state index contributed by atoms with van der Waals surface area (Å²) < 4.78 is 13.4. The van der Waals surface area contributed by atoms with Crippen LogP contribution in [0.3, 0.4) is 0 Å². The molecule has 5 nitrogen and oxygen atoms in total. The molecule has 0 unspecified atom stereocenters. The van der Waals surface area contributed by atoms with Crippen molar-refractivity contribution in [1.82, 2.24) is 5.32 Å². The van der Waals surface area contributed by atoms with Gasteiger partial charge in [-0.25, -0.2) is 0 Å². The first-order valence-corrected chi connectivity index (χ1v) is 7.22. The molecule has 1 aromatic carbocycles. The Bertz CT molecular complexity index is 499. The van der Waals surface area contributed by atoms with E-state index in [-0.39, 0.29) is 6.42 Å². The van der Waals surface area contributed by atoms with Gasteiger partial charge in [-0.3, -0.25) is 0 Å². The number of carboxylic acid groups (broad SMARTS) is 1. The van der Waals surface area contributed by atoms with Crippen molar-refractivity contribution in [3.05, 3.63) is 33.4 Å². The number of aliphatic carboxylic acids is 1. The van der Waals surface area contributed by atoms with E-state index in [1.807, 2.05) is 12.1 Å². The van der Waals surface area contributed by atoms with E-state index in [9.17, 15) is 14.7 Å². The minimum absolute atomic E-state index is 0.172. The number of nitrogens with one attached hydrogen (secondary N) is 1. The van der Waals surface area contributed by atoms with Gasteiger partial charge in [-0.15, -0.1) is 0 Å². The number of amides is 1. The summed E-state index contributed by atoms with van der Waals surface area (Å²) >= 11 is -0.724. The molecule has 20 heavy (non-hydrogen) atoms.